The van der Waals surface area contributed by atoms with Gasteiger partial charge in [0.2, 0.25) is 10.0 Å². The maximum absolute atomic E-state index is 13.1. The summed E-state index contributed by atoms with van der Waals surface area (Å²) in [5.74, 6) is -0.613. The van der Waals surface area contributed by atoms with E-state index in [0.29, 0.717) is 12.8 Å². The molecule has 0 aliphatic carbocycles. The lowest BCUT2D eigenvalue weighted by Crippen LogP contribution is -2.26. The van der Waals surface area contributed by atoms with Crippen LogP contribution >= 0.6 is 11.6 Å². The minimum absolute atomic E-state index is 0.0277. The zero-order valence-electron chi connectivity index (χ0n) is 13.0. The summed E-state index contributed by atoms with van der Waals surface area (Å²) in [7, 11) is -3.76. The molecule has 0 spiro atoms. The number of hydrogen-bond donors (Lipinski definition) is 2. The lowest BCUT2D eigenvalue weighted by Gasteiger charge is -2.16. The number of benzene rings is 2. The van der Waals surface area contributed by atoms with Gasteiger partial charge in [0.05, 0.1) is 9.92 Å². The quantitative estimate of drug-likeness (QED) is 0.748. The molecule has 0 saturated heterocycles. The first-order valence-corrected chi connectivity index (χ1v) is 9.40. The van der Waals surface area contributed by atoms with Crippen LogP contribution in [0.15, 0.2) is 53.4 Å². The summed E-state index contributed by atoms with van der Waals surface area (Å²) in [6, 6.07) is 12.9. The fourth-order valence-corrected chi connectivity index (χ4v) is 3.77. The van der Waals surface area contributed by atoms with Gasteiger partial charge in [-0.2, -0.15) is 0 Å². The Bertz CT molecular complexity index is 769. The van der Waals surface area contributed by atoms with Gasteiger partial charge in [0.15, 0.2) is 0 Å². The van der Waals surface area contributed by atoms with Crippen LogP contribution in [0.2, 0.25) is 5.02 Å². The standard InChI is InChI=1S/C17H19ClFNO3S/c18-16-12-15(6-7-17(16)19)24(22,23)20-10-8-14(9-11-21)13-4-2-1-3-5-13/h1-7,12,14,20-21H,8-11H2/t14-/m1/s1. The Kier molecular flexibility index (Phi) is 6.74. The molecule has 7 heteroatoms. The second-order valence-corrected chi connectivity index (χ2v) is 7.56. The molecule has 2 aromatic rings. The normalized spacial score (nSPS) is 13.0. The number of halogens is 2. The molecule has 0 bridgehead atoms. The molecule has 0 heterocycles. The van der Waals surface area contributed by atoms with Crippen LogP contribution in [0.4, 0.5) is 4.39 Å². The van der Waals surface area contributed by atoms with Gasteiger partial charge in [-0.1, -0.05) is 41.9 Å². The summed E-state index contributed by atoms with van der Waals surface area (Å²) >= 11 is 5.63. The van der Waals surface area contributed by atoms with Gasteiger partial charge < -0.3 is 5.11 Å². The van der Waals surface area contributed by atoms with E-state index in [-0.39, 0.29) is 29.0 Å². The number of hydrogen-bond acceptors (Lipinski definition) is 3. The van der Waals surface area contributed by atoms with E-state index < -0.39 is 15.8 Å². The third-order valence-electron chi connectivity index (χ3n) is 3.73. The van der Waals surface area contributed by atoms with Crippen LogP contribution in [0.1, 0.15) is 24.3 Å². The second kappa shape index (κ2) is 8.58. The van der Waals surface area contributed by atoms with E-state index in [4.69, 9.17) is 11.6 Å². The van der Waals surface area contributed by atoms with E-state index in [1.54, 1.807) is 0 Å². The summed E-state index contributed by atoms with van der Waals surface area (Å²) in [6.45, 7) is 0.233. The van der Waals surface area contributed by atoms with Crippen LogP contribution in [-0.4, -0.2) is 26.7 Å². The van der Waals surface area contributed by atoms with E-state index in [9.17, 15) is 17.9 Å². The van der Waals surface area contributed by atoms with Crippen molar-refractivity contribution in [1.29, 1.82) is 0 Å². The van der Waals surface area contributed by atoms with Crippen LogP contribution in [0.3, 0.4) is 0 Å². The van der Waals surface area contributed by atoms with Crippen molar-refractivity contribution in [2.24, 2.45) is 0 Å². The zero-order chi connectivity index (χ0) is 17.6. The fourth-order valence-electron chi connectivity index (χ4n) is 2.45. The van der Waals surface area contributed by atoms with Gasteiger partial charge in [0, 0.05) is 13.2 Å². The van der Waals surface area contributed by atoms with Crippen LogP contribution in [0, 0.1) is 5.82 Å². The predicted molar refractivity (Wildman–Crippen MR) is 92.1 cm³/mol. The molecule has 4 nitrogen and oxygen atoms in total. The van der Waals surface area contributed by atoms with Gasteiger partial charge in [0.1, 0.15) is 5.82 Å². The maximum Gasteiger partial charge on any atom is 0.240 e. The molecule has 130 valence electrons. The molecule has 0 aliphatic rings. The average Bonchev–Trinajstić information content (AvgIpc) is 2.57. The number of rotatable bonds is 8. The van der Waals surface area contributed by atoms with Gasteiger partial charge in [-0.3, -0.25) is 0 Å². The van der Waals surface area contributed by atoms with Gasteiger partial charge in [-0.05, 0) is 42.5 Å². The molecular formula is C17H19ClFNO3S. The van der Waals surface area contributed by atoms with Crippen molar-refractivity contribution in [3.8, 4) is 0 Å². The summed E-state index contributed by atoms with van der Waals surface area (Å²) in [4.78, 5) is -0.0766. The van der Waals surface area contributed by atoms with E-state index in [0.717, 1.165) is 17.7 Å². The number of sulfonamides is 1. The third-order valence-corrected chi connectivity index (χ3v) is 5.48. The molecule has 2 N–H and O–H groups in total. The predicted octanol–water partition coefficient (Wildman–Crippen LogP) is 3.31. The molecule has 1 atom stereocenters. The van der Waals surface area contributed by atoms with Crippen LogP contribution < -0.4 is 4.72 Å². The molecule has 0 amide bonds. The third kappa shape index (κ3) is 5.01. The van der Waals surface area contributed by atoms with E-state index in [1.165, 1.54) is 6.07 Å². The van der Waals surface area contributed by atoms with Crippen molar-refractivity contribution in [2.45, 2.75) is 23.7 Å². The van der Waals surface area contributed by atoms with Crippen LogP contribution in [-0.2, 0) is 10.0 Å². The largest absolute Gasteiger partial charge is 0.396 e. The molecular weight excluding hydrogens is 353 g/mol. The zero-order valence-corrected chi connectivity index (χ0v) is 14.5. The highest BCUT2D eigenvalue weighted by Crippen LogP contribution is 2.23. The van der Waals surface area contributed by atoms with Crippen LogP contribution in [0.5, 0.6) is 0 Å². The highest BCUT2D eigenvalue weighted by molar-refractivity contribution is 7.89. The van der Waals surface area contributed by atoms with Crippen molar-refractivity contribution < 1.29 is 17.9 Å². The summed E-state index contributed by atoms with van der Waals surface area (Å²) < 4.78 is 40.1. The fraction of sp³-hybridized carbons (Fsp3) is 0.294. The van der Waals surface area contributed by atoms with Gasteiger partial charge >= 0.3 is 0 Å². The Balaban J connectivity index is 2.01. The molecule has 0 aromatic heterocycles. The number of aliphatic hydroxyl groups excluding tert-OH is 1. The number of aliphatic hydroxyl groups is 1. The Morgan fingerprint density at radius 3 is 2.46 bits per heavy atom. The van der Waals surface area contributed by atoms with Crippen molar-refractivity contribution in [3.63, 3.8) is 0 Å². The smallest absolute Gasteiger partial charge is 0.240 e. The SMILES string of the molecule is O=S(=O)(NCC[C@H](CCO)c1ccccc1)c1ccc(F)c(Cl)c1. The molecule has 0 radical (unpaired) electrons. The monoisotopic (exact) mass is 371 g/mol. The van der Waals surface area contributed by atoms with Gasteiger partial charge in [-0.25, -0.2) is 17.5 Å². The minimum atomic E-state index is -3.76. The first-order chi connectivity index (χ1) is 11.4. The summed E-state index contributed by atoms with van der Waals surface area (Å²) in [5.41, 5.74) is 1.05. The Morgan fingerprint density at radius 1 is 1.12 bits per heavy atom. The first-order valence-electron chi connectivity index (χ1n) is 7.54. The molecule has 2 aromatic carbocycles. The van der Waals surface area contributed by atoms with Crippen LogP contribution in [0.25, 0.3) is 0 Å². The Hall–Kier alpha value is -1.47. The average molecular weight is 372 g/mol. The minimum Gasteiger partial charge on any atom is -0.396 e. The lowest BCUT2D eigenvalue weighted by atomic mass is 9.93. The topological polar surface area (TPSA) is 66.4 Å². The second-order valence-electron chi connectivity index (χ2n) is 5.38. The summed E-state index contributed by atoms with van der Waals surface area (Å²) in [6.07, 6.45) is 1.09. The highest BCUT2D eigenvalue weighted by atomic mass is 35.5. The van der Waals surface area contributed by atoms with Gasteiger partial charge in [0.25, 0.3) is 0 Å². The highest BCUT2D eigenvalue weighted by Gasteiger charge is 2.17. The Morgan fingerprint density at radius 2 is 1.83 bits per heavy atom. The molecule has 24 heavy (non-hydrogen) atoms. The molecule has 0 unspecified atom stereocenters. The summed E-state index contributed by atoms with van der Waals surface area (Å²) in [5, 5.41) is 8.97. The molecule has 0 saturated carbocycles. The van der Waals surface area contributed by atoms with E-state index in [2.05, 4.69) is 4.72 Å². The van der Waals surface area contributed by atoms with Gasteiger partial charge in [-0.15, -0.1) is 0 Å². The molecule has 0 fully saturated rings. The van der Waals surface area contributed by atoms with Crippen molar-refractivity contribution >= 4 is 21.6 Å². The van der Waals surface area contributed by atoms with Crippen molar-refractivity contribution in [2.75, 3.05) is 13.2 Å². The van der Waals surface area contributed by atoms with Crippen molar-refractivity contribution in [1.82, 2.24) is 4.72 Å². The maximum atomic E-state index is 13.1. The Labute approximate surface area is 146 Å². The lowest BCUT2D eigenvalue weighted by molar-refractivity contribution is 0.273. The van der Waals surface area contributed by atoms with E-state index >= 15 is 0 Å². The molecule has 0 aliphatic heterocycles. The number of nitrogens with one attached hydrogen (secondary N) is 1. The van der Waals surface area contributed by atoms with E-state index in [1.807, 2.05) is 30.3 Å². The van der Waals surface area contributed by atoms with Crippen molar-refractivity contribution in [3.05, 3.63) is 64.9 Å². The first kappa shape index (κ1) is 18.9. The molecule has 2 rings (SSSR count).